The third-order valence-corrected chi connectivity index (χ3v) is 2.20. The quantitative estimate of drug-likeness (QED) is 0.286. The molecule has 0 aliphatic carbocycles. The lowest BCUT2D eigenvalue weighted by Gasteiger charge is -2.11. The van der Waals surface area contributed by atoms with Gasteiger partial charge in [-0.05, 0) is 24.3 Å². The van der Waals surface area contributed by atoms with Gasteiger partial charge in [-0.15, -0.1) is 0 Å². The van der Waals surface area contributed by atoms with Gasteiger partial charge in [0.2, 0.25) is 0 Å². The minimum atomic E-state index is -0.824. The second-order valence-electron chi connectivity index (χ2n) is 2.98. The van der Waals surface area contributed by atoms with E-state index in [1.54, 1.807) is 0 Å². The third-order valence-electron chi connectivity index (χ3n) is 1.69. The average molecular weight is 252 g/mol. The Morgan fingerprint density at radius 2 is 1.33 bits per heavy atom. The van der Waals surface area contributed by atoms with E-state index in [0.29, 0.717) is 24.3 Å². The molecule has 0 saturated heterocycles. The number of hydrogen-bond donors (Lipinski definition) is 4. The molecule has 0 spiro atoms. The summed E-state index contributed by atoms with van der Waals surface area (Å²) in [6, 6.07) is -1.65. The monoisotopic (exact) mass is 252 g/mol. The van der Waals surface area contributed by atoms with Crippen molar-refractivity contribution in [1.82, 2.24) is 0 Å². The molecule has 0 aromatic heterocycles. The van der Waals surface area contributed by atoms with Gasteiger partial charge in [-0.2, -0.15) is 25.3 Å². The Morgan fingerprint density at radius 1 is 1.00 bits per heavy atom. The maximum absolute atomic E-state index is 11.2. The highest BCUT2D eigenvalue weighted by Gasteiger charge is 2.21. The van der Waals surface area contributed by atoms with E-state index >= 15 is 0 Å². The van der Waals surface area contributed by atoms with Gasteiger partial charge in [0.1, 0.15) is 12.1 Å². The number of rotatable bonds is 6. The van der Waals surface area contributed by atoms with Gasteiger partial charge in [0.25, 0.3) is 0 Å². The van der Waals surface area contributed by atoms with Crippen LogP contribution in [0, 0.1) is 0 Å². The van der Waals surface area contributed by atoms with Crippen molar-refractivity contribution in [2.45, 2.75) is 24.9 Å². The first-order chi connectivity index (χ1) is 7.02. The van der Waals surface area contributed by atoms with Crippen LogP contribution < -0.4 is 11.5 Å². The maximum atomic E-state index is 11.2. The van der Waals surface area contributed by atoms with Crippen LogP contribution in [0.5, 0.6) is 0 Å². The number of carbonyl (C=O) groups excluding carboxylic acids is 2. The maximum Gasteiger partial charge on any atom is 0.330 e. The van der Waals surface area contributed by atoms with Crippen LogP contribution in [-0.2, 0) is 14.3 Å². The lowest BCUT2D eigenvalue weighted by atomic mass is 10.2. The van der Waals surface area contributed by atoms with Crippen LogP contribution in [0.25, 0.3) is 0 Å². The third kappa shape index (κ3) is 6.03. The van der Waals surface area contributed by atoms with Crippen molar-refractivity contribution in [2.24, 2.45) is 11.5 Å². The first-order valence-electron chi connectivity index (χ1n) is 4.51. The molecule has 0 aliphatic heterocycles. The van der Waals surface area contributed by atoms with Gasteiger partial charge in [-0.3, -0.25) is 0 Å². The summed E-state index contributed by atoms with van der Waals surface area (Å²) in [4.78, 5) is 22.4. The molecule has 0 bridgehead atoms. The highest BCUT2D eigenvalue weighted by Crippen LogP contribution is 1.99. The van der Waals surface area contributed by atoms with E-state index in [2.05, 4.69) is 30.0 Å². The Balaban J connectivity index is 4.00. The summed E-state index contributed by atoms with van der Waals surface area (Å²) in [7, 11) is 0. The normalized spacial score (nSPS) is 14.4. The lowest BCUT2D eigenvalue weighted by molar-refractivity contribution is -0.161. The Bertz CT molecular complexity index is 204. The molecule has 88 valence electrons. The molecule has 0 fully saturated rings. The summed E-state index contributed by atoms with van der Waals surface area (Å²) in [6.45, 7) is 0. The highest BCUT2D eigenvalue weighted by molar-refractivity contribution is 7.80. The van der Waals surface area contributed by atoms with Gasteiger partial charge in [0, 0.05) is 0 Å². The zero-order chi connectivity index (χ0) is 11.8. The molecule has 0 radical (unpaired) electrons. The van der Waals surface area contributed by atoms with Crippen LogP contribution in [0.15, 0.2) is 0 Å². The van der Waals surface area contributed by atoms with Crippen LogP contribution >= 0.6 is 25.3 Å². The Morgan fingerprint density at radius 3 is 1.60 bits per heavy atom. The van der Waals surface area contributed by atoms with Gasteiger partial charge in [0.05, 0.1) is 0 Å². The number of ether oxygens (including phenoxy) is 1. The number of thiol groups is 2. The molecule has 4 N–H and O–H groups in total. The summed E-state index contributed by atoms with van der Waals surface area (Å²) in [5.74, 6) is -0.618. The SMILES string of the molecule is N[C@H](CCS)C(=O)OC(=O)[C@H](N)CCS. The zero-order valence-electron chi connectivity index (χ0n) is 8.26. The second kappa shape index (κ2) is 7.98. The van der Waals surface area contributed by atoms with E-state index in [4.69, 9.17) is 11.5 Å². The molecule has 0 rings (SSSR count). The topological polar surface area (TPSA) is 95.4 Å². The van der Waals surface area contributed by atoms with Crippen molar-refractivity contribution in [2.75, 3.05) is 11.5 Å². The van der Waals surface area contributed by atoms with Gasteiger partial charge in [0.15, 0.2) is 0 Å². The molecule has 0 aliphatic rings. The molecule has 0 saturated carbocycles. The molecule has 0 aromatic carbocycles. The van der Waals surface area contributed by atoms with Gasteiger partial charge in [-0.1, -0.05) is 0 Å². The fraction of sp³-hybridized carbons (Fsp3) is 0.750. The van der Waals surface area contributed by atoms with E-state index in [9.17, 15) is 9.59 Å². The average Bonchev–Trinajstić information content (AvgIpc) is 2.18. The van der Waals surface area contributed by atoms with Gasteiger partial charge in [-0.25, -0.2) is 9.59 Å². The molecule has 5 nitrogen and oxygen atoms in total. The van der Waals surface area contributed by atoms with Crippen LogP contribution in [0.1, 0.15) is 12.8 Å². The number of esters is 2. The summed E-state index contributed by atoms with van der Waals surface area (Å²) < 4.78 is 4.48. The summed E-state index contributed by atoms with van der Waals surface area (Å²) in [6.07, 6.45) is 0.716. The number of hydrogen-bond acceptors (Lipinski definition) is 7. The van der Waals surface area contributed by atoms with Crippen molar-refractivity contribution in [3.63, 3.8) is 0 Å². The molecule has 15 heavy (non-hydrogen) atoms. The van der Waals surface area contributed by atoms with E-state index in [-0.39, 0.29) is 0 Å². The second-order valence-corrected chi connectivity index (χ2v) is 3.87. The molecule has 0 aromatic rings. The lowest BCUT2D eigenvalue weighted by Crippen LogP contribution is -2.39. The Hall–Kier alpha value is -0.240. The predicted octanol–water partition coefficient (Wildman–Crippen LogP) is -0.649. The predicted molar refractivity (Wildman–Crippen MR) is 64.0 cm³/mol. The molecular formula is C8H16N2O3S2. The van der Waals surface area contributed by atoms with Crippen molar-refractivity contribution >= 4 is 37.2 Å². The fourth-order valence-corrected chi connectivity index (χ4v) is 1.32. The molecular weight excluding hydrogens is 236 g/mol. The van der Waals surface area contributed by atoms with E-state index < -0.39 is 24.0 Å². The minimum Gasteiger partial charge on any atom is -0.391 e. The molecule has 0 heterocycles. The van der Waals surface area contributed by atoms with E-state index in [1.807, 2.05) is 0 Å². The van der Waals surface area contributed by atoms with Crippen molar-refractivity contribution in [1.29, 1.82) is 0 Å². The Kier molecular flexibility index (Phi) is 7.85. The van der Waals surface area contributed by atoms with Crippen molar-refractivity contribution in [3.05, 3.63) is 0 Å². The smallest absolute Gasteiger partial charge is 0.330 e. The highest BCUT2D eigenvalue weighted by atomic mass is 32.1. The van der Waals surface area contributed by atoms with Crippen LogP contribution in [0.2, 0.25) is 0 Å². The molecule has 7 heteroatoms. The van der Waals surface area contributed by atoms with E-state index in [0.717, 1.165) is 0 Å². The standard InChI is InChI=1S/C8H16N2O3S2/c9-5(1-3-14)7(11)13-8(12)6(10)2-4-15/h5-6,14-15H,1-4,9-10H2/t5-,6-/m1/s1. The molecule has 2 atom stereocenters. The van der Waals surface area contributed by atoms with Gasteiger partial charge < -0.3 is 16.2 Å². The summed E-state index contributed by atoms with van der Waals surface area (Å²) in [5, 5.41) is 0. The largest absolute Gasteiger partial charge is 0.391 e. The first-order valence-corrected chi connectivity index (χ1v) is 5.77. The summed E-state index contributed by atoms with van der Waals surface area (Å²) in [5.41, 5.74) is 10.8. The number of nitrogens with two attached hydrogens (primary N) is 2. The van der Waals surface area contributed by atoms with E-state index in [1.165, 1.54) is 0 Å². The molecule has 0 amide bonds. The van der Waals surface area contributed by atoms with Crippen molar-refractivity contribution < 1.29 is 14.3 Å². The van der Waals surface area contributed by atoms with Crippen LogP contribution in [0.3, 0.4) is 0 Å². The first kappa shape index (κ1) is 14.8. The minimum absolute atomic E-state index is 0.358. The fourth-order valence-electron chi connectivity index (χ4n) is 0.764. The number of carbonyl (C=O) groups is 2. The van der Waals surface area contributed by atoms with Gasteiger partial charge >= 0.3 is 11.9 Å². The van der Waals surface area contributed by atoms with Crippen molar-refractivity contribution in [3.8, 4) is 0 Å². The molecule has 0 unspecified atom stereocenters. The summed E-state index contributed by atoms with van der Waals surface area (Å²) >= 11 is 7.82. The Labute approximate surface area is 99.7 Å². The van der Waals surface area contributed by atoms with Crippen LogP contribution in [-0.4, -0.2) is 35.5 Å². The van der Waals surface area contributed by atoms with Crippen LogP contribution in [0.4, 0.5) is 0 Å². The zero-order valence-corrected chi connectivity index (χ0v) is 10.0.